The Kier molecular flexibility index (Phi) is 5.85. The van der Waals surface area contributed by atoms with Crippen molar-refractivity contribution in [1.82, 2.24) is 14.5 Å². The standard InChI is InChI=1S/C26H25N3O2/c1-19-16-24(20(2)29(19)23-8-4-3-5-9-23)26(31)27-17-21-11-13-22(14-12-21)18-28-15-7-6-10-25(28)30/h3-16H,17-18H2,1-2H3,(H,27,31). The number of rotatable bonds is 6. The van der Waals surface area contributed by atoms with Gasteiger partial charge in [-0.15, -0.1) is 0 Å². The summed E-state index contributed by atoms with van der Waals surface area (Å²) in [6.07, 6.45) is 1.78. The van der Waals surface area contributed by atoms with Gasteiger partial charge in [-0.1, -0.05) is 48.5 Å². The van der Waals surface area contributed by atoms with Crippen LogP contribution in [0, 0.1) is 13.8 Å². The van der Waals surface area contributed by atoms with Crippen LogP contribution in [0.4, 0.5) is 0 Å². The first-order chi connectivity index (χ1) is 15.0. The molecule has 0 aliphatic heterocycles. The zero-order valence-electron chi connectivity index (χ0n) is 17.7. The fraction of sp³-hybridized carbons (Fsp3) is 0.154. The molecule has 0 saturated carbocycles. The number of nitrogens with zero attached hydrogens (tertiary/aromatic N) is 2. The highest BCUT2D eigenvalue weighted by Crippen LogP contribution is 2.20. The van der Waals surface area contributed by atoms with Gasteiger partial charge < -0.3 is 14.5 Å². The molecule has 0 saturated heterocycles. The van der Waals surface area contributed by atoms with Gasteiger partial charge in [0, 0.05) is 35.9 Å². The van der Waals surface area contributed by atoms with Crippen molar-refractivity contribution in [2.75, 3.05) is 0 Å². The van der Waals surface area contributed by atoms with E-state index in [1.807, 2.05) is 80.6 Å². The predicted octanol–water partition coefficient (Wildman–Crippen LogP) is 4.23. The Bertz CT molecular complexity index is 1250. The first kappa shape index (κ1) is 20.4. The molecule has 5 heteroatoms. The Morgan fingerprint density at radius 3 is 2.26 bits per heavy atom. The number of aryl methyl sites for hydroxylation is 1. The van der Waals surface area contributed by atoms with E-state index in [-0.39, 0.29) is 11.5 Å². The van der Waals surface area contributed by atoms with Gasteiger partial charge in [-0.2, -0.15) is 0 Å². The van der Waals surface area contributed by atoms with Crippen LogP contribution in [0.2, 0.25) is 0 Å². The molecular formula is C26H25N3O2. The lowest BCUT2D eigenvalue weighted by molar-refractivity contribution is 0.0950. The zero-order chi connectivity index (χ0) is 21.8. The topological polar surface area (TPSA) is 56.0 Å². The molecule has 2 heterocycles. The highest BCUT2D eigenvalue weighted by atomic mass is 16.1. The third-order valence-corrected chi connectivity index (χ3v) is 5.42. The minimum Gasteiger partial charge on any atom is -0.348 e. The molecule has 2 aromatic carbocycles. The lowest BCUT2D eigenvalue weighted by Crippen LogP contribution is -2.23. The lowest BCUT2D eigenvalue weighted by atomic mass is 10.1. The molecule has 1 amide bonds. The first-order valence-corrected chi connectivity index (χ1v) is 10.3. The Balaban J connectivity index is 1.42. The van der Waals surface area contributed by atoms with Crippen LogP contribution in [0.1, 0.15) is 32.9 Å². The van der Waals surface area contributed by atoms with Crippen molar-refractivity contribution in [3.05, 3.63) is 123 Å². The largest absolute Gasteiger partial charge is 0.348 e. The van der Waals surface area contributed by atoms with Gasteiger partial charge in [0.2, 0.25) is 0 Å². The number of hydrogen-bond acceptors (Lipinski definition) is 2. The first-order valence-electron chi connectivity index (χ1n) is 10.3. The van der Waals surface area contributed by atoms with E-state index in [1.54, 1.807) is 22.9 Å². The summed E-state index contributed by atoms with van der Waals surface area (Å²) in [5, 5.41) is 3.02. The van der Waals surface area contributed by atoms with Gasteiger partial charge in [0.15, 0.2) is 0 Å². The van der Waals surface area contributed by atoms with E-state index >= 15 is 0 Å². The predicted molar refractivity (Wildman–Crippen MR) is 123 cm³/mol. The third-order valence-electron chi connectivity index (χ3n) is 5.42. The second kappa shape index (κ2) is 8.88. The molecule has 0 aliphatic rings. The van der Waals surface area contributed by atoms with Crippen LogP contribution in [-0.2, 0) is 13.1 Å². The number of pyridine rings is 1. The van der Waals surface area contributed by atoms with Crippen LogP contribution in [-0.4, -0.2) is 15.0 Å². The van der Waals surface area contributed by atoms with Crippen LogP contribution in [0.5, 0.6) is 0 Å². The molecule has 0 aliphatic carbocycles. The molecule has 5 nitrogen and oxygen atoms in total. The van der Waals surface area contributed by atoms with E-state index in [1.165, 1.54) is 0 Å². The van der Waals surface area contributed by atoms with E-state index in [0.717, 1.165) is 28.2 Å². The number of aromatic nitrogens is 2. The normalized spacial score (nSPS) is 10.8. The van der Waals surface area contributed by atoms with Crippen LogP contribution in [0.25, 0.3) is 5.69 Å². The number of carbonyl (C=O) groups excluding carboxylic acids is 1. The molecule has 0 bridgehead atoms. The number of para-hydroxylation sites is 1. The molecule has 0 unspecified atom stereocenters. The second-order valence-corrected chi connectivity index (χ2v) is 7.62. The van der Waals surface area contributed by atoms with E-state index in [9.17, 15) is 9.59 Å². The van der Waals surface area contributed by atoms with Gasteiger partial charge in [-0.3, -0.25) is 9.59 Å². The van der Waals surface area contributed by atoms with Crippen LogP contribution in [0.15, 0.2) is 89.9 Å². The van der Waals surface area contributed by atoms with E-state index in [4.69, 9.17) is 0 Å². The van der Waals surface area contributed by atoms with Crippen LogP contribution in [0.3, 0.4) is 0 Å². The Morgan fingerprint density at radius 2 is 1.55 bits per heavy atom. The maximum atomic E-state index is 12.8. The highest BCUT2D eigenvalue weighted by molar-refractivity contribution is 5.95. The van der Waals surface area contributed by atoms with Gasteiger partial charge in [0.1, 0.15) is 0 Å². The average Bonchev–Trinajstić information content (AvgIpc) is 3.09. The molecule has 4 aromatic rings. The second-order valence-electron chi connectivity index (χ2n) is 7.62. The fourth-order valence-corrected chi connectivity index (χ4v) is 3.80. The minimum absolute atomic E-state index is 0.0213. The number of hydrogen-bond donors (Lipinski definition) is 1. The summed E-state index contributed by atoms with van der Waals surface area (Å²) >= 11 is 0. The van der Waals surface area contributed by atoms with Crippen molar-refractivity contribution < 1.29 is 4.79 Å². The van der Waals surface area contributed by atoms with E-state index < -0.39 is 0 Å². The molecule has 0 atom stereocenters. The molecule has 2 aromatic heterocycles. The quantitative estimate of drug-likeness (QED) is 0.516. The lowest BCUT2D eigenvalue weighted by Gasteiger charge is -2.10. The van der Waals surface area contributed by atoms with Gasteiger partial charge in [0.05, 0.1) is 12.1 Å². The highest BCUT2D eigenvalue weighted by Gasteiger charge is 2.16. The Hall–Kier alpha value is -3.86. The van der Waals surface area contributed by atoms with Crippen molar-refractivity contribution in [3.63, 3.8) is 0 Å². The van der Waals surface area contributed by atoms with Gasteiger partial charge >= 0.3 is 0 Å². The van der Waals surface area contributed by atoms with E-state index in [0.29, 0.717) is 18.7 Å². The van der Waals surface area contributed by atoms with Gasteiger partial charge in [0.25, 0.3) is 11.5 Å². The molecular weight excluding hydrogens is 386 g/mol. The SMILES string of the molecule is Cc1cc(C(=O)NCc2ccc(Cn3ccccc3=O)cc2)c(C)n1-c1ccccc1. The molecule has 1 N–H and O–H groups in total. The van der Waals surface area contributed by atoms with Crippen LogP contribution >= 0.6 is 0 Å². The summed E-state index contributed by atoms with van der Waals surface area (Å²) in [6, 6.07) is 25.0. The molecule has 0 fully saturated rings. The molecule has 0 spiro atoms. The summed E-state index contributed by atoms with van der Waals surface area (Å²) in [5.41, 5.74) is 5.70. The van der Waals surface area contributed by atoms with Crippen molar-refractivity contribution in [2.45, 2.75) is 26.9 Å². The van der Waals surface area contributed by atoms with Crippen molar-refractivity contribution >= 4 is 5.91 Å². The summed E-state index contributed by atoms with van der Waals surface area (Å²) in [5.74, 6) is -0.0878. The van der Waals surface area contributed by atoms with Crippen LogP contribution < -0.4 is 10.9 Å². The molecule has 0 radical (unpaired) electrons. The minimum atomic E-state index is -0.0878. The van der Waals surface area contributed by atoms with Crippen molar-refractivity contribution in [3.8, 4) is 5.69 Å². The Labute approximate surface area is 181 Å². The number of carbonyl (C=O) groups is 1. The number of nitrogens with one attached hydrogen (secondary N) is 1. The molecule has 4 rings (SSSR count). The zero-order valence-corrected chi connectivity index (χ0v) is 17.7. The fourth-order valence-electron chi connectivity index (χ4n) is 3.80. The smallest absolute Gasteiger partial charge is 0.253 e. The molecule has 31 heavy (non-hydrogen) atoms. The number of amides is 1. The van der Waals surface area contributed by atoms with Gasteiger partial charge in [-0.05, 0) is 49.2 Å². The monoisotopic (exact) mass is 411 g/mol. The van der Waals surface area contributed by atoms with Crippen molar-refractivity contribution in [2.24, 2.45) is 0 Å². The van der Waals surface area contributed by atoms with Gasteiger partial charge in [-0.25, -0.2) is 0 Å². The summed E-state index contributed by atoms with van der Waals surface area (Å²) < 4.78 is 3.76. The maximum Gasteiger partial charge on any atom is 0.253 e. The third kappa shape index (κ3) is 4.51. The summed E-state index contributed by atoms with van der Waals surface area (Å²) in [6.45, 7) is 4.94. The maximum absolute atomic E-state index is 12.8. The molecule has 156 valence electrons. The Morgan fingerprint density at radius 1 is 0.871 bits per heavy atom. The average molecular weight is 412 g/mol. The number of benzene rings is 2. The van der Waals surface area contributed by atoms with Crippen molar-refractivity contribution in [1.29, 1.82) is 0 Å². The van der Waals surface area contributed by atoms with E-state index in [2.05, 4.69) is 9.88 Å². The summed E-state index contributed by atoms with van der Waals surface area (Å²) in [7, 11) is 0. The summed E-state index contributed by atoms with van der Waals surface area (Å²) in [4.78, 5) is 24.7.